The SMILES string of the molecule is C=c1ncc(C(=[N-])c2[nH]c3ccccc3c2C(N)=O)nc1=C. The Morgan fingerprint density at radius 1 is 1.23 bits per heavy atom. The molecule has 1 amide bonds. The number of primary amides is 1. The van der Waals surface area contributed by atoms with E-state index in [-0.39, 0.29) is 22.7 Å². The lowest BCUT2D eigenvalue weighted by molar-refractivity contribution is 0.100. The minimum Gasteiger partial charge on any atom is -0.800 e. The molecule has 2 heterocycles. The molecule has 0 aliphatic heterocycles. The highest BCUT2D eigenvalue weighted by Crippen LogP contribution is 2.23. The van der Waals surface area contributed by atoms with Gasteiger partial charge in [0.05, 0.1) is 28.2 Å². The van der Waals surface area contributed by atoms with Crippen molar-refractivity contribution in [3.05, 3.63) is 63.5 Å². The number of amides is 1. The van der Waals surface area contributed by atoms with Gasteiger partial charge >= 0.3 is 0 Å². The molecule has 6 nitrogen and oxygen atoms in total. The fourth-order valence-electron chi connectivity index (χ4n) is 2.27. The summed E-state index contributed by atoms with van der Waals surface area (Å²) < 4.78 is 0. The van der Waals surface area contributed by atoms with E-state index in [1.165, 1.54) is 6.20 Å². The van der Waals surface area contributed by atoms with Crippen molar-refractivity contribution >= 4 is 35.7 Å². The van der Waals surface area contributed by atoms with Crippen LogP contribution in [0.2, 0.25) is 0 Å². The minimum atomic E-state index is -0.643. The second-order valence-corrected chi connectivity index (χ2v) is 4.78. The molecule has 0 aliphatic rings. The number of nitrogens with one attached hydrogen (secondary N) is 1. The zero-order valence-electron chi connectivity index (χ0n) is 11.6. The van der Waals surface area contributed by atoms with Crippen LogP contribution in [0.3, 0.4) is 0 Å². The number of hydrogen-bond donors (Lipinski definition) is 2. The van der Waals surface area contributed by atoms with E-state index in [1.807, 2.05) is 6.07 Å². The van der Waals surface area contributed by atoms with Gasteiger partial charge < -0.3 is 16.1 Å². The average molecular weight is 290 g/mol. The van der Waals surface area contributed by atoms with Crippen LogP contribution in [0.15, 0.2) is 30.5 Å². The molecular formula is C16H12N5O-. The summed E-state index contributed by atoms with van der Waals surface area (Å²) in [5.74, 6) is -0.643. The summed E-state index contributed by atoms with van der Waals surface area (Å²) in [7, 11) is 0. The van der Waals surface area contributed by atoms with E-state index in [2.05, 4.69) is 28.1 Å². The van der Waals surface area contributed by atoms with Gasteiger partial charge in [0, 0.05) is 16.6 Å². The second-order valence-electron chi connectivity index (χ2n) is 4.78. The molecule has 0 spiro atoms. The maximum atomic E-state index is 11.8. The number of nitrogens with two attached hydrogens (primary N) is 1. The Hall–Kier alpha value is -3.28. The normalized spacial score (nSPS) is 10.7. The number of benzene rings is 1. The highest BCUT2D eigenvalue weighted by Gasteiger charge is 2.16. The first-order valence-electron chi connectivity index (χ1n) is 6.47. The number of H-pyrrole nitrogens is 1. The molecule has 3 rings (SSSR count). The van der Waals surface area contributed by atoms with E-state index in [9.17, 15) is 10.2 Å². The van der Waals surface area contributed by atoms with Crippen LogP contribution in [0, 0.1) is 0 Å². The van der Waals surface area contributed by atoms with Crippen molar-refractivity contribution in [3.8, 4) is 0 Å². The van der Waals surface area contributed by atoms with Gasteiger partial charge in [0.1, 0.15) is 0 Å². The average Bonchev–Trinajstić information content (AvgIpc) is 2.88. The van der Waals surface area contributed by atoms with Gasteiger partial charge in [0.25, 0.3) is 5.91 Å². The summed E-state index contributed by atoms with van der Waals surface area (Å²) >= 11 is 0. The monoisotopic (exact) mass is 290 g/mol. The van der Waals surface area contributed by atoms with Crippen LogP contribution in [-0.4, -0.2) is 26.6 Å². The lowest BCUT2D eigenvalue weighted by Gasteiger charge is -2.11. The standard InChI is InChI=1S/C16H12N5O/c1-8-9(2)20-12(7-19-8)14(17)15-13(16(18)22)10-5-3-4-6-11(10)21-15/h3-7,21H,1-2H2,(H2,18,22)/q-1. The van der Waals surface area contributed by atoms with Gasteiger partial charge in [-0.2, -0.15) is 0 Å². The van der Waals surface area contributed by atoms with Gasteiger partial charge in [0.2, 0.25) is 0 Å². The van der Waals surface area contributed by atoms with Gasteiger partial charge in [-0.05, 0) is 6.07 Å². The van der Waals surface area contributed by atoms with E-state index in [4.69, 9.17) is 5.73 Å². The molecule has 108 valence electrons. The van der Waals surface area contributed by atoms with Gasteiger partial charge in [0.15, 0.2) is 0 Å². The summed E-state index contributed by atoms with van der Waals surface area (Å²) in [4.78, 5) is 22.9. The lowest BCUT2D eigenvalue weighted by atomic mass is 10.1. The van der Waals surface area contributed by atoms with E-state index in [0.29, 0.717) is 21.6 Å². The number of carbonyl (C=O) groups excluding carboxylic acids is 1. The van der Waals surface area contributed by atoms with Crippen molar-refractivity contribution < 1.29 is 4.79 Å². The number of aromatic amines is 1. The van der Waals surface area contributed by atoms with E-state index in [0.717, 1.165) is 0 Å². The fourth-order valence-corrected chi connectivity index (χ4v) is 2.27. The molecule has 22 heavy (non-hydrogen) atoms. The van der Waals surface area contributed by atoms with Crippen molar-refractivity contribution in [2.45, 2.75) is 0 Å². The summed E-state index contributed by atoms with van der Waals surface area (Å²) in [6, 6.07) is 7.14. The highest BCUT2D eigenvalue weighted by molar-refractivity contribution is 6.22. The first kappa shape index (κ1) is 13.7. The third-order valence-electron chi connectivity index (χ3n) is 3.36. The summed E-state index contributed by atoms with van der Waals surface area (Å²) in [6.45, 7) is 7.36. The molecule has 6 heteroatoms. The molecule has 0 radical (unpaired) electrons. The molecule has 0 aliphatic carbocycles. The Balaban J connectivity index is 2.24. The molecular weight excluding hydrogens is 278 g/mol. The number of carbonyl (C=O) groups is 1. The summed E-state index contributed by atoms with van der Waals surface area (Å²) in [6.07, 6.45) is 1.36. The molecule has 1 aromatic carbocycles. The second kappa shape index (κ2) is 4.92. The molecule has 3 N–H and O–H groups in total. The Kier molecular flexibility index (Phi) is 3.06. The lowest BCUT2D eigenvalue weighted by Crippen LogP contribution is -2.31. The number of rotatable bonds is 3. The van der Waals surface area contributed by atoms with Crippen molar-refractivity contribution in [1.29, 1.82) is 0 Å². The van der Waals surface area contributed by atoms with Crippen LogP contribution >= 0.6 is 0 Å². The highest BCUT2D eigenvalue weighted by atomic mass is 16.1. The maximum Gasteiger partial charge on any atom is 0.251 e. The third-order valence-corrected chi connectivity index (χ3v) is 3.36. The topological polar surface area (TPSA) is 107 Å². The van der Waals surface area contributed by atoms with Crippen molar-refractivity contribution in [2.75, 3.05) is 0 Å². The predicted molar refractivity (Wildman–Crippen MR) is 85.7 cm³/mol. The molecule has 0 saturated heterocycles. The van der Waals surface area contributed by atoms with Crippen molar-refractivity contribution in [1.82, 2.24) is 15.0 Å². The van der Waals surface area contributed by atoms with Crippen LogP contribution in [0.1, 0.15) is 21.7 Å². The van der Waals surface area contributed by atoms with Crippen LogP contribution in [0.5, 0.6) is 0 Å². The van der Waals surface area contributed by atoms with Gasteiger partial charge in [-0.3, -0.25) is 9.78 Å². The van der Waals surface area contributed by atoms with Crippen LogP contribution in [0.25, 0.3) is 29.5 Å². The molecule has 2 aromatic heterocycles. The molecule has 0 saturated carbocycles. The molecule has 0 unspecified atom stereocenters. The molecule has 0 bridgehead atoms. The Morgan fingerprint density at radius 2 is 1.95 bits per heavy atom. The number of hydrogen-bond acceptors (Lipinski definition) is 3. The third kappa shape index (κ3) is 2.07. The molecule has 0 atom stereocenters. The first-order chi connectivity index (χ1) is 10.5. The van der Waals surface area contributed by atoms with E-state index < -0.39 is 5.91 Å². The van der Waals surface area contributed by atoms with Crippen LogP contribution in [-0.2, 0) is 0 Å². The summed E-state index contributed by atoms with van der Waals surface area (Å²) in [5, 5.41) is 11.9. The Bertz CT molecular complexity index is 1020. The van der Waals surface area contributed by atoms with Gasteiger partial charge in [-0.1, -0.05) is 31.4 Å². The van der Waals surface area contributed by atoms with Gasteiger partial charge in [-0.15, -0.1) is 5.71 Å². The number of nitrogens with zero attached hydrogens (tertiary/aromatic N) is 3. The van der Waals surface area contributed by atoms with Crippen LogP contribution < -0.4 is 16.4 Å². The Morgan fingerprint density at radius 3 is 2.64 bits per heavy atom. The zero-order chi connectivity index (χ0) is 15.9. The van der Waals surface area contributed by atoms with Crippen molar-refractivity contribution in [3.63, 3.8) is 0 Å². The van der Waals surface area contributed by atoms with Gasteiger partial charge in [-0.25, -0.2) is 4.98 Å². The number of para-hydroxylation sites is 1. The van der Waals surface area contributed by atoms with Crippen molar-refractivity contribution in [2.24, 2.45) is 5.73 Å². The largest absolute Gasteiger partial charge is 0.800 e. The Labute approximate surface area is 125 Å². The fraction of sp³-hybridized carbons (Fsp3) is 0. The first-order valence-corrected chi connectivity index (χ1v) is 6.47. The number of fused-ring (bicyclic) bond motifs is 1. The number of aromatic nitrogens is 3. The summed E-state index contributed by atoms with van der Waals surface area (Å²) in [5.41, 5.74) is 6.52. The molecule has 0 fully saturated rings. The maximum absolute atomic E-state index is 11.8. The van der Waals surface area contributed by atoms with Crippen LogP contribution in [0.4, 0.5) is 0 Å². The van der Waals surface area contributed by atoms with E-state index >= 15 is 0 Å². The smallest absolute Gasteiger partial charge is 0.251 e. The van der Waals surface area contributed by atoms with E-state index in [1.54, 1.807) is 18.2 Å². The quantitative estimate of drug-likeness (QED) is 0.677. The predicted octanol–water partition coefficient (Wildman–Crippen LogP) is 0.284. The molecule has 3 aromatic rings. The minimum absolute atomic E-state index is 0.187. The zero-order valence-corrected chi connectivity index (χ0v) is 11.6.